The maximum Gasteiger partial charge on any atom is 0.280 e. The van der Waals surface area contributed by atoms with Gasteiger partial charge < -0.3 is 14.6 Å². The third-order valence-corrected chi connectivity index (χ3v) is 3.09. The first kappa shape index (κ1) is 17.9. The van der Waals surface area contributed by atoms with Crippen molar-refractivity contribution in [1.82, 2.24) is 0 Å². The largest absolute Gasteiger partial charge is 0.343 e. The van der Waals surface area contributed by atoms with E-state index in [1.165, 1.54) is 38.5 Å². The SMILES string of the molecule is CCCCCCCCCCC(O)(OCC)OCC. The quantitative estimate of drug-likeness (QED) is 0.398. The highest BCUT2D eigenvalue weighted by Gasteiger charge is 2.26. The second-order valence-electron chi connectivity index (χ2n) is 4.80. The molecule has 3 nitrogen and oxygen atoms in total. The minimum atomic E-state index is -1.36. The Balaban J connectivity index is 3.49. The van der Waals surface area contributed by atoms with Crippen LogP contribution in [0.3, 0.4) is 0 Å². The van der Waals surface area contributed by atoms with Gasteiger partial charge in [-0.15, -0.1) is 0 Å². The Morgan fingerprint density at radius 3 is 1.61 bits per heavy atom. The van der Waals surface area contributed by atoms with E-state index in [9.17, 15) is 5.11 Å². The van der Waals surface area contributed by atoms with Crippen molar-refractivity contribution in [1.29, 1.82) is 0 Å². The zero-order valence-electron chi connectivity index (χ0n) is 12.5. The summed E-state index contributed by atoms with van der Waals surface area (Å²) in [4.78, 5) is 0. The molecule has 0 spiro atoms. The topological polar surface area (TPSA) is 38.7 Å². The fourth-order valence-corrected chi connectivity index (χ4v) is 2.12. The van der Waals surface area contributed by atoms with Gasteiger partial charge in [0.15, 0.2) is 0 Å². The van der Waals surface area contributed by atoms with E-state index in [2.05, 4.69) is 6.92 Å². The fraction of sp³-hybridized carbons (Fsp3) is 1.00. The zero-order valence-corrected chi connectivity index (χ0v) is 12.5. The lowest BCUT2D eigenvalue weighted by atomic mass is 10.1. The second kappa shape index (κ2) is 11.9. The van der Waals surface area contributed by atoms with E-state index in [4.69, 9.17) is 9.47 Å². The molecule has 18 heavy (non-hydrogen) atoms. The number of hydrogen-bond donors (Lipinski definition) is 1. The predicted molar refractivity (Wildman–Crippen MR) is 75.4 cm³/mol. The van der Waals surface area contributed by atoms with Gasteiger partial charge >= 0.3 is 0 Å². The number of unbranched alkanes of at least 4 members (excludes halogenated alkanes) is 7. The summed E-state index contributed by atoms with van der Waals surface area (Å²) in [6.07, 6.45) is 10.6. The third kappa shape index (κ3) is 9.86. The lowest BCUT2D eigenvalue weighted by Crippen LogP contribution is -2.35. The first-order valence-corrected chi connectivity index (χ1v) is 7.68. The number of aliphatic hydroxyl groups is 1. The van der Waals surface area contributed by atoms with Crippen LogP contribution in [0.5, 0.6) is 0 Å². The first-order valence-electron chi connectivity index (χ1n) is 7.68. The van der Waals surface area contributed by atoms with E-state index in [0.29, 0.717) is 19.6 Å². The van der Waals surface area contributed by atoms with Gasteiger partial charge in [-0.1, -0.05) is 51.9 Å². The molecule has 0 radical (unpaired) electrons. The maximum atomic E-state index is 10.0. The molecule has 0 heterocycles. The third-order valence-electron chi connectivity index (χ3n) is 3.09. The first-order chi connectivity index (χ1) is 8.68. The monoisotopic (exact) mass is 260 g/mol. The van der Waals surface area contributed by atoms with E-state index in [1.54, 1.807) is 0 Å². The Hall–Kier alpha value is -0.120. The van der Waals surface area contributed by atoms with E-state index < -0.39 is 5.97 Å². The second-order valence-corrected chi connectivity index (χ2v) is 4.80. The van der Waals surface area contributed by atoms with E-state index in [1.807, 2.05) is 13.8 Å². The molecule has 3 heteroatoms. The van der Waals surface area contributed by atoms with Gasteiger partial charge in [0.25, 0.3) is 5.97 Å². The standard InChI is InChI=1S/C15H32O3/c1-4-7-8-9-10-11-12-13-14-15(16,17-5-2)18-6-3/h16H,4-14H2,1-3H3. The number of rotatable bonds is 13. The molecular weight excluding hydrogens is 228 g/mol. The molecule has 0 aliphatic heterocycles. The van der Waals surface area contributed by atoms with Crippen molar-refractivity contribution < 1.29 is 14.6 Å². The summed E-state index contributed by atoms with van der Waals surface area (Å²) in [7, 11) is 0. The van der Waals surface area contributed by atoms with Crippen molar-refractivity contribution in [3.63, 3.8) is 0 Å². The smallest absolute Gasteiger partial charge is 0.280 e. The lowest BCUT2D eigenvalue weighted by molar-refractivity contribution is -0.360. The van der Waals surface area contributed by atoms with Gasteiger partial charge in [0.1, 0.15) is 0 Å². The Bertz CT molecular complexity index is 165. The van der Waals surface area contributed by atoms with Gasteiger partial charge in [0.2, 0.25) is 0 Å². The molecule has 0 aliphatic rings. The lowest BCUT2D eigenvalue weighted by Gasteiger charge is -2.26. The van der Waals surface area contributed by atoms with Crippen LogP contribution in [0.2, 0.25) is 0 Å². The Morgan fingerprint density at radius 1 is 0.722 bits per heavy atom. The summed E-state index contributed by atoms with van der Waals surface area (Å²) in [5.41, 5.74) is 0. The maximum absolute atomic E-state index is 10.0. The minimum Gasteiger partial charge on any atom is -0.343 e. The average molecular weight is 260 g/mol. The minimum absolute atomic E-state index is 0.480. The fourth-order valence-electron chi connectivity index (χ4n) is 2.12. The molecule has 0 aromatic heterocycles. The molecule has 0 saturated heterocycles. The Labute approximate surface area is 113 Å². The Kier molecular flexibility index (Phi) is 11.9. The molecule has 0 rings (SSSR count). The van der Waals surface area contributed by atoms with E-state index in [-0.39, 0.29) is 0 Å². The summed E-state index contributed by atoms with van der Waals surface area (Å²) in [6.45, 7) is 6.94. The van der Waals surface area contributed by atoms with Gasteiger partial charge in [-0.2, -0.15) is 0 Å². The van der Waals surface area contributed by atoms with E-state index >= 15 is 0 Å². The average Bonchev–Trinajstić information content (AvgIpc) is 2.33. The van der Waals surface area contributed by atoms with Crippen molar-refractivity contribution in [2.75, 3.05) is 13.2 Å². The summed E-state index contributed by atoms with van der Waals surface area (Å²) < 4.78 is 10.5. The molecule has 1 N–H and O–H groups in total. The predicted octanol–water partition coefficient (Wildman–Crippen LogP) is 4.24. The molecule has 0 bridgehead atoms. The highest BCUT2D eigenvalue weighted by molar-refractivity contribution is 4.56. The van der Waals surface area contributed by atoms with Crippen LogP contribution in [0.25, 0.3) is 0 Å². The summed E-state index contributed by atoms with van der Waals surface area (Å²) in [6, 6.07) is 0. The number of hydrogen-bond acceptors (Lipinski definition) is 3. The van der Waals surface area contributed by atoms with Crippen LogP contribution in [-0.4, -0.2) is 24.3 Å². The van der Waals surface area contributed by atoms with Crippen molar-refractivity contribution in [2.24, 2.45) is 0 Å². The van der Waals surface area contributed by atoms with Crippen molar-refractivity contribution >= 4 is 0 Å². The van der Waals surface area contributed by atoms with Gasteiger partial charge in [-0.3, -0.25) is 0 Å². The van der Waals surface area contributed by atoms with Crippen molar-refractivity contribution in [2.45, 2.75) is 84.5 Å². The van der Waals surface area contributed by atoms with Gasteiger partial charge in [-0.05, 0) is 20.3 Å². The van der Waals surface area contributed by atoms with Gasteiger partial charge in [0, 0.05) is 19.6 Å². The normalized spacial score (nSPS) is 12.0. The van der Waals surface area contributed by atoms with Crippen LogP contribution in [-0.2, 0) is 9.47 Å². The zero-order chi connectivity index (χ0) is 13.7. The van der Waals surface area contributed by atoms with Gasteiger partial charge in [-0.25, -0.2) is 0 Å². The Morgan fingerprint density at radius 2 is 1.17 bits per heavy atom. The molecular formula is C15H32O3. The molecule has 0 aromatic rings. The van der Waals surface area contributed by atoms with Crippen LogP contribution in [0, 0.1) is 0 Å². The summed E-state index contributed by atoms with van der Waals surface area (Å²) in [5.74, 6) is -1.36. The van der Waals surface area contributed by atoms with Crippen molar-refractivity contribution in [3.8, 4) is 0 Å². The molecule has 0 saturated carbocycles. The van der Waals surface area contributed by atoms with Crippen LogP contribution in [0.15, 0.2) is 0 Å². The molecule has 0 fully saturated rings. The van der Waals surface area contributed by atoms with Crippen molar-refractivity contribution in [3.05, 3.63) is 0 Å². The molecule has 0 aliphatic carbocycles. The van der Waals surface area contributed by atoms with Crippen LogP contribution >= 0.6 is 0 Å². The van der Waals surface area contributed by atoms with Gasteiger partial charge in [0.05, 0.1) is 0 Å². The summed E-state index contributed by atoms with van der Waals surface area (Å²) >= 11 is 0. The van der Waals surface area contributed by atoms with E-state index in [0.717, 1.165) is 12.8 Å². The number of ether oxygens (including phenoxy) is 2. The van der Waals surface area contributed by atoms with Crippen LogP contribution in [0.4, 0.5) is 0 Å². The molecule has 0 atom stereocenters. The molecule has 0 aromatic carbocycles. The molecule has 0 amide bonds. The molecule has 0 unspecified atom stereocenters. The van der Waals surface area contributed by atoms with Crippen LogP contribution < -0.4 is 0 Å². The highest BCUT2D eigenvalue weighted by Crippen LogP contribution is 2.19. The highest BCUT2D eigenvalue weighted by atomic mass is 16.8. The van der Waals surface area contributed by atoms with Crippen LogP contribution in [0.1, 0.15) is 78.6 Å². The summed E-state index contributed by atoms with van der Waals surface area (Å²) in [5, 5.41) is 10.0. The molecule has 110 valence electrons.